The minimum absolute atomic E-state index is 0.0719. The van der Waals surface area contributed by atoms with Crippen molar-refractivity contribution < 1.29 is 45.6 Å². The molecule has 0 radical (unpaired) electrons. The van der Waals surface area contributed by atoms with Crippen molar-refractivity contribution in [2.45, 2.75) is 36.0 Å². The maximum atomic E-state index is 14.6. The third-order valence-electron chi connectivity index (χ3n) is 6.60. The summed E-state index contributed by atoms with van der Waals surface area (Å²) in [4.78, 5) is 26.1. The second-order valence-corrected chi connectivity index (χ2v) is 14.2. The zero-order valence-corrected chi connectivity index (χ0v) is 26.1. The summed E-state index contributed by atoms with van der Waals surface area (Å²) in [5.74, 6) is -3.86. The largest absolute Gasteiger partial charge is 0.478 e. The molecule has 0 atom stereocenters. The van der Waals surface area contributed by atoms with Gasteiger partial charge in [0.25, 0.3) is 20.1 Å². The number of H-pyrrole nitrogens is 1. The smallest absolute Gasteiger partial charge is 0.335 e. The van der Waals surface area contributed by atoms with E-state index in [-0.39, 0.29) is 28.5 Å². The number of anilines is 1. The van der Waals surface area contributed by atoms with Crippen LogP contribution in [-0.2, 0) is 25.6 Å². The van der Waals surface area contributed by atoms with Crippen molar-refractivity contribution in [3.05, 3.63) is 83.3 Å². The van der Waals surface area contributed by atoms with Crippen LogP contribution in [0.4, 0.5) is 21.5 Å². The summed E-state index contributed by atoms with van der Waals surface area (Å²) in [5, 5.41) is 34.1. The molecule has 3 aromatic carbocycles. The van der Waals surface area contributed by atoms with Gasteiger partial charge >= 0.3 is 11.9 Å². The fraction of sp³-hybridized carbons (Fsp3) is 0.143. The lowest BCUT2D eigenvalue weighted by Gasteiger charge is -2.16. The van der Waals surface area contributed by atoms with Gasteiger partial charge in [-0.3, -0.25) is 14.4 Å². The Balaban J connectivity index is 1.45. The van der Waals surface area contributed by atoms with Gasteiger partial charge in [-0.25, -0.2) is 27.4 Å². The van der Waals surface area contributed by atoms with Gasteiger partial charge in [0.1, 0.15) is 5.69 Å². The van der Waals surface area contributed by atoms with E-state index in [0.717, 1.165) is 30.3 Å². The van der Waals surface area contributed by atoms with Gasteiger partial charge in [-0.2, -0.15) is 13.0 Å². The Morgan fingerprint density at radius 1 is 0.894 bits per heavy atom. The maximum Gasteiger partial charge on any atom is 0.335 e. The molecule has 0 bridgehead atoms. The molecular weight excluding hydrogens is 661 g/mol. The number of halogens is 1. The second-order valence-electron chi connectivity index (χ2n) is 11.1. The summed E-state index contributed by atoms with van der Waals surface area (Å²) in [6.07, 6.45) is 0. The predicted octanol–water partition coefficient (Wildman–Crippen LogP) is 5.02. The Morgan fingerprint density at radius 2 is 1.51 bits per heavy atom. The molecule has 5 N–H and O–H groups in total. The number of hydrogen-bond acceptors (Lipinski definition) is 10. The van der Waals surface area contributed by atoms with Crippen molar-refractivity contribution in [2.75, 3.05) is 4.72 Å². The van der Waals surface area contributed by atoms with Gasteiger partial charge in [-0.15, -0.1) is 15.3 Å². The number of aromatic carboxylic acids is 2. The van der Waals surface area contributed by atoms with Gasteiger partial charge < -0.3 is 10.2 Å². The molecule has 0 spiro atoms. The van der Waals surface area contributed by atoms with Gasteiger partial charge in [0.15, 0.2) is 17.3 Å². The van der Waals surface area contributed by atoms with Crippen LogP contribution in [0.25, 0.3) is 17.0 Å². The van der Waals surface area contributed by atoms with Gasteiger partial charge in [0.05, 0.1) is 26.6 Å². The van der Waals surface area contributed by atoms with Crippen LogP contribution in [0.2, 0.25) is 0 Å². The van der Waals surface area contributed by atoms with E-state index in [1.165, 1.54) is 28.9 Å². The number of nitrogens with one attached hydrogen (secondary N) is 2. The average Bonchev–Trinajstić information content (AvgIpc) is 3.55. The second kappa shape index (κ2) is 11.7. The van der Waals surface area contributed by atoms with Crippen LogP contribution in [0.1, 0.15) is 47.2 Å². The minimum Gasteiger partial charge on any atom is -0.478 e. The van der Waals surface area contributed by atoms with Gasteiger partial charge in [-0.05, 0) is 60.7 Å². The number of carbonyl (C=O) groups is 2. The number of nitrogens with zero attached hydrogens (tertiary/aromatic N) is 5. The summed E-state index contributed by atoms with van der Waals surface area (Å²) in [6, 6.07) is 10.9. The lowest BCUT2D eigenvalue weighted by molar-refractivity contribution is 0.0696. The van der Waals surface area contributed by atoms with Crippen molar-refractivity contribution in [1.82, 2.24) is 19.8 Å². The number of azo groups is 1. The molecule has 2 heterocycles. The molecule has 0 aliphatic heterocycles. The highest BCUT2D eigenvalue weighted by Gasteiger charge is 2.26. The first-order chi connectivity index (χ1) is 21.8. The number of rotatable bonds is 9. The van der Waals surface area contributed by atoms with Crippen molar-refractivity contribution >= 4 is 54.8 Å². The molecule has 0 saturated carbocycles. The van der Waals surface area contributed by atoms with E-state index in [1.807, 2.05) is 20.8 Å². The van der Waals surface area contributed by atoms with E-state index in [0.29, 0.717) is 17.3 Å². The highest BCUT2D eigenvalue weighted by atomic mass is 32.2. The summed E-state index contributed by atoms with van der Waals surface area (Å²) in [7, 11) is -9.01. The van der Waals surface area contributed by atoms with Crippen LogP contribution < -0.4 is 4.72 Å². The number of aromatic nitrogens is 4. The SMILES string of the molecule is CC(C)(C)c1[nH]n2nc(-c3ccc(NS(=O)(=O)c4cc(C(=O)O)cc(C(=O)O)c4)cc3)nc2c1N=Nc1ccc(S(=O)(=O)O)cc1F. The molecule has 0 aliphatic rings. The lowest BCUT2D eigenvalue weighted by atomic mass is 9.91. The number of fused-ring (bicyclic) bond motifs is 1. The number of aromatic amines is 1. The van der Waals surface area contributed by atoms with E-state index in [2.05, 4.69) is 30.1 Å². The summed E-state index contributed by atoms with van der Waals surface area (Å²) >= 11 is 0. The van der Waals surface area contributed by atoms with Crippen LogP contribution in [0.5, 0.6) is 0 Å². The molecule has 5 rings (SSSR count). The summed E-state index contributed by atoms with van der Waals surface area (Å²) in [5.41, 5.74) is -0.390. The Bertz CT molecular complexity index is 2290. The fourth-order valence-electron chi connectivity index (χ4n) is 4.29. The Kier molecular flexibility index (Phi) is 8.16. The lowest BCUT2D eigenvalue weighted by Crippen LogP contribution is -2.15. The quantitative estimate of drug-likeness (QED) is 0.102. The van der Waals surface area contributed by atoms with Crippen LogP contribution in [0.15, 0.2) is 80.7 Å². The Labute approximate surface area is 265 Å². The molecule has 5 aromatic rings. The zero-order chi connectivity index (χ0) is 34.5. The number of sulfonamides is 1. The Hall–Kier alpha value is -5.53. The van der Waals surface area contributed by atoms with Crippen LogP contribution in [-0.4, -0.2) is 63.4 Å². The number of hydrogen-bond donors (Lipinski definition) is 5. The fourth-order valence-corrected chi connectivity index (χ4v) is 5.91. The topological polar surface area (TPSA) is 246 Å². The highest BCUT2D eigenvalue weighted by molar-refractivity contribution is 7.92. The average molecular weight is 686 g/mol. The molecule has 16 nitrogen and oxygen atoms in total. The summed E-state index contributed by atoms with van der Waals surface area (Å²) in [6.45, 7) is 5.62. The molecule has 0 aliphatic carbocycles. The molecule has 0 amide bonds. The highest BCUT2D eigenvalue weighted by Crippen LogP contribution is 2.36. The standard InChI is InChI=1S/C28H24FN7O9S2/c1-28(2,3)23-22(32-31-21-9-8-18(13-20(21)29)47(43,44)45)25-30-24(34-36(25)33-23)14-4-6-17(7-5-14)35-46(41,42)19-11-15(26(37)38)10-16(12-19)27(39)40/h4-13,33,35H,1-3H3,(H,37,38)(H,39,40)(H,43,44,45). The van der Waals surface area contributed by atoms with Crippen molar-refractivity contribution in [3.63, 3.8) is 0 Å². The van der Waals surface area contributed by atoms with Crippen LogP contribution >= 0.6 is 0 Å². The predicted molar refractivity (Wildman–Crippen MR) is 163 cm³/mol. The number of benzene rings is 3. The van der Waals surface area contributed by atoms with E-state index in [4.69, 9.17) is 4.55 Å². The zero-order valence-electron chi connectivity index (χ0n) is 24.5. The third kappa shape index (κ3) is 6.86. The molecule has 0 saturated heterocycles. The molecule has 244 valence electrons. The monoisotopic (exact) mass is 685 g/mol. The van der Waals surface area contributed by atoms with E-state index in [1.54, 1.807) is 0 Å². The number of carboxylic acids is 2. The molecule has 0 unspecified atom stereocenters. The van der Waals surface area contributed by atoms with Crippen molar-refractivity contribution in [1.29, 1.82) is 0 Å². The van der Waals surface area contributed by atoms with Gasteiger partial charge in [-0.1, -0.05) is 20.8 Å². The van der Waals surface area contributed by atoms with Crippen molar-refractivity contribution in [2.24, 2.45) is 10.2 Å². The minimum atomic E-state index is -4.62. The normalized spacial score (nSPS) is 12.5. The maximum absolute atomic E-state index is 14.6. The van der Waals surface area contributed by atoms with Gasteiger partial charge in [0, 0.05) is 16.7 Å². The first-order valence-corrected chi connectivity index (χ1v) is 16.2. The van der Waals surface area contributed by atoms with E-state index >= 15 is 0 Å². The molecule has 47 heavy (non-hydrogen) atoms. The molecule has 0 fully saturated rings. The van der Waals surface area contributed by atoms with Crippen LogP contribution in [0.3, 0.4) is 0 Å². The van der Waals surface area contributed by atoms with E-state index < -0.39 is 64.2 Å². The van der Waals surface area contributed by atoms with Gasteiger partial charge in [0.2, 0.25) is 5.65 Å². The van der Waals surface area contributed by atoms with Crippen molar-refractivity contribution in [3.8, 4) is 11.4 Å². The van der Waals surface area contributed by atoms with E-state index in [9.17, 15) is 41.0 Å². The molecule has 2 aromatic heterocycles. The first kappa shape index (κ1) is 32.9. The summed E-state index contributed by atoms with van der Waals surface area (Å²) < 4.78 is 75.9. The Morgan fingerprint density at radius 3 is 2.04 bits per heavy atom. The number of carboxylic acid groups (broad SMARTS) is 2. The first-order valence-electron chi connectivity index (χ1n) is 13.3. The third-order valence-corrected chi connectivity index (χ3v) is 8.81. The van der Waals surface area contributed by atoms with Crippen LogP contribution in [0, 0.1) is 5.82 Å². The molecule has 19 heteroatoms. The molecular formula is C28H24FN7O9S2.